The number of rotatable bonds is 4. The molecule has 1 N–H and O–H groups in total. The summed E-state index contributed by atoms with van der Waals surface area (Å²) >= 11 is 0. The number of non-ortho nitro benzene ring substituents is 1. The predicted molar refractivity (Wildman–Crippen MR) is 64.6 cm³/mol. The summed E-state index contributed by atoms with van der Waals surface area (Å²) in [5, 5.41) is 13.3. The molecule has 0 unspecified atom stereocenters. The minimum atomic E-state index is -0.463. The van der Waals surface area contributed by atoms with Crippen LogP contribution in [0.4, 0.5) is 15.9 Å². The van der Waals surface area contributed by atoms with Crippen LogP contribution in [0, 0.1) is 15.9 Å². The van der Waals surface area contributed by atoms with Gasteiger partial charge in [-0.1, -0.05) is 12.1 Å². The van der Waals surface area contributed by atoms with E-state index < -0.39 is 10.7 Å². The Balaban J connectivity index is 2.02. The maximum Gasteiger partial charge on any atom is 0.269 e. The fourth-order valence-corrected chi connectivity index (χ4v) is 1.44. The Morgan fingerprint density at radius 2 is 2.00 bits per heavy atom. The quantitative estimate of drug-likeness (QED) is 0.666. The molecule has 0 bridgehead atoms. The standard InChI is InChI=1S/C12H10FN3O2/c13-11-2-1-7-14-12(11)15-8-9-3-5-10(6-4-9)16(17)18/h1-7H,8H2,(H,14,15). The average molecular weight is 247 g/mol. The van der Waals surface area contributed by atoms with Gasteiger partial charge in [0, 0.05) is 24.9 Å². The van der Waals surface area contributed by atoms with Crippen molar-refractivity contribution < 1.29 is 9.31 Å². The number of nitro benzene ring substituents is 1. The first kappa shape index (κ1) is 12.0. The molecule has 92 valence electrons. The van der Waals surface area contributed by atoms with Crippen LogP contribution in [0.3, 0.4) is 0 Å². The molecule has 0 radical (unpaired) electrons. The smallest absolute Gasteiger partial charge is 0.269 e. The van der Waals surface area contributed by atoms with Crippen molar-refractivity contribution in [3.63, 3.8) is 0 Å². The molecule has 0 aliphatic carbocycles. The predicted octanol–water partition coefficient (Wildman–Crippen LogP) is 2.74. The Bertz CT molecular complexity index is 558. The van der Waals surface area contributed by atoms with Crippen molar-refractivity contribution in [2.75, 3.05) is 5.32 Å². The normalized spacial score (nSPS) is 10.1. The van der Waals surface area contributed by atoms with Gasteiger partial charge < -0.3 is 5.32 Å². The van der Waals surface area contributed by atoms with Crippen molar-refractivity contribution in [2.24, 2.45) is 0 Å². The highest BCUT2D eigenvalue weighted by Gasteiger charge is 2.05. The summed E-state index contributed by atoms with van der Waals surface area (Å²) in [6.07, 6.45) is 1.49. The zero-order chi connectivity index (χ0) is 13.0. The van der Waals surface area contributed by atoms with E-state index in [0.717, 1.165) is 5.56 Å². The molecule has 0 saturated heterocycles. The van der Waals surface area contributed by atoms with Crippen LogP contribution < -0.4 is 5.32 Å². The van der Waals surface area contributed by atoms with E-state index in [0.29, 0.717) is 6.54 Å². The van der Waals surface area contributed by atoms with Gasteiger partial charge in [0.1, 0.15) is 0 Å². The second kappa shape index (κ2) is 5.22. The monoisotopic (exact) mass is 247 g/mol. The van der Waals surface area contributed by atoms with E-state index in [1.165, 1.54) is 30.5 Å². The minimum absolute atomic E-state index is 0.0303. The van der Waals surface area contributed by atoms with E-state index in [-0.39, 0.29) is 11.5 Å². The third kappa shape index (κ3) is 2.79. The summed E-state index contributed by atoms with van der Waals surface area (Å²) in [6.45, 7) is 0.353. The molecule has 1 heterocycles. The number of nitro groups is 1. The Morgan fingerprint density at radius 3 is 2.61 bits per heavy atom. The maximum absolute atomic E-state index is 13.2. The summed E-state index contributed by atoms with van der Waals surface area (Å²) < 4.78 is 13.2. The van der Waals surface area contributed by atoms with Gasteiger partial charge in [0.15, 0.2) is 11.6 Å². The minimum Gasteiger partial charge on any atom is -0.364 e. The van der Waals surface area contributed by atoms with Crippen LogP contribution in [0.1, 0.15) is 5.56 Å². The molecular weight excluding hydrogens is 237 g/mol. The highest BCUT2D eigenvalue weighted by atomic mass is 19.1. The van der Waals surface area contributed by atoms with Crippen LogP contribution in [0.5, 0.6) is 0 Å². The number of benzene rings is 1. The van der Waals surface area contributed by atoms with Gasteiger partial charge in [0.2, 0.25) is 0 Å². The van der Waals surface area contributed by atoms with Gasteiger partial charge in [-0.05, 0) is 17.7 Å². The molecule has 0 aliphatic heterocycles. The molecule has 18 heavy (non-hydrogen) atoms. The Labute approximate surface area is 102 Å². The average Bonchev–Trinajstić information content (AvgIpc) is 2.38. The number of aromatic nitrogens is 1. The van der Waals surface area contributed by atoms with Gasteiger partial charge in [-0.2, -0.15) is 0 Å². The van der Waals surface area contributed by atoms with E-state index in [4.69, 9.17) is 0 Å². The van der Waals surface area contributed by atoms with Crippen molar-refractivity contribution in [3.8, 4) is 0 Å². The van der Waals surface area contributed by atoms with E-state index in [1.807, 2.05) is 0 Å². The van der Waals surface area contributed by atoms with Crippen LogP contribution in [0.2, 0.25) is 0 Å². The lowest BCUT2D eigenvalue weighted by molar-refractivity contribution is -0.384. The molecule has 6 heteroatoms. The maximum atomic E-state index is 13.2. The first-order chi connectivity index (χ1) is 8.66. The molecule has 0 saturated carbocycles. The molecule has 0 amide bonds. The third-order valence-corrected chi connectivity index (χ3v) is 2.37. The van der Waals surface area contributed by atoms with Crippen molar-refractivity contribution in [2.45, 2.75) is 6.54 Å². The van der Waals surface area contributed by atoms with Crippen molar-refractivity contribution >= 4 is 11.5 Å². The number of nitrogens with zero attached hydrogens (tertiary/aromatic N) is 2. The molecular formula is C12H10FN3O2. The van der Waals surface area contributed by atoms with Crippen LogP contribution in [0.25, 0.3) is 0 Å². The summed E-state index contributed by atoms with van der Waals surface area (Å²) in [4.78, 5) is 13.8. The van der Waals surface area contributed by atoms with Gasteiger partial charge in [0.05, 0.1) is 4.92 Å². The van der Waals surface area contributed by atoms with Crippen molar-refractivity contribution in [3.05, 3.63) is 64.1 Å². The first-order valence-corrected chi connectivity index (χ1v) is 5.24. The van der Waals surface area contributed by atoms with E-state index >= 15 is 0 Å². The number of halogens is 1. The lowest BCUT2D eigenvalue weighted by Crippen LogP contribution is -2.03. The number of nitrogens with one attached hydrogen (secondary N) is 1. The largest absolute Gasteiger partial charge is 0.364 e. The molecule has 5 nitrogen and oxygen atoms in total. The molecule has 1 aromatic carbocycles. The van der Waals surface area contributed by atoms with E-state index in [9.17, 15) is 14.5 Å². The first-order valence-electron chi connectivity index (χ1n) is 5.24. The van der Waals surface area contributed by atoms with E-state index in [2.05, 4.69) is 10.3 Å². The second-order valence-corrected chi connectivity index (χ2v) is 3.61. The van der Waals surface area contributed by atoms with Gasteiger partial charge in [0.25, 0.3) is 5.69 Å². The van der Waals surface area contributed by atoms with Crippen molar-refractivity contribution in [1.82, 2.24) is 4.98 Å². The topological polar surface area (TPSA) is 68.1 Å². The van der Waals surface area contributed by atoms with Crippen molar-refractivity contribution in [1.29, 1.82) is 0 Å². The van der Waals surface area contributed by atoms with Gasteiger partial charge in [-0.3, -0.25) is 10.1 Å². The zero-order valence-corrected chi connectivity index (χ0v) is 9.34. The van der Waals surface area contributed by atoms with Crippen LogP contribution in [-0.2, 0) is 6.54 Å². The molecule has 0 fully saturated rings. The fourth-order valence-electron chi connectivity index (χ4n) is 1.44. The molecule has 0 spiro atoms. The molecule has 0 aliphatic rings. The third-order valence-electron chi connectivity index (χ3n) is 2.37. The Kier molecular flexibility index (Phi) is 3.47. The summed E-state index contributed by atoms with van der Waals surface area (Å²) in [5.74, 6) is -0.268. The molecule has 1 aromatic heterocycles. The highest BCUT2D eigenvalue weighted by molar-refractivity contribution is 5.38. The molecule has 2 rings (SSSR count). The molecule has 2 aromatic rings. The van der Waals surface area contributed by atoms with Crippen LogP contribution in [0.15, 0.2) is 42.6 Å². The molecule has 0 atom stereocenters. The summed E-state index contributed by atoms with van der Waals surface area (Å²) in [6, 6.07) is 8.87. The SMILES string of the molecule is O=[N+]([O-])c1ccc(CNc2ncccc2F)cc1. The van der Waals surface area contributed by atoms with Crippen LogP contribution in [-0.4, -0.2) is 9.91 Å². The zero-order valence-electron chi connectivity index (χ0n) is 9.34. The fraction of sp³-hybridized carbons (Fsp3) is 0.0833. The number of pyridine rings is 1. The van der Waals surface area contributed by atoms with Gasteiger partial charge in [-0.15, -0.1) is 0 Å². The lowest BCUT2D eigenvalue weighted by Gasteiger charge is -2.05. The lowest BCUT2D eigenvalue weighted by atomic mass is 10.2. The van der Waals surface area contributed by atoms with E-state index in [1.54, 1.807) is 12.1 Å². The number of hydrogen-bond acceptors (Lipinski definition) is 4. The number of anilines is 1. The highest BCUT2D eigenvalue weighted by Crippen LogP contribution is 2.14. The second-order valence-electron chi connectivity index (χ2n) is 3.61. The Morgan fingerprint density at radius 1 is 1.28 bits per heavy atom. The van der Waals surface area contributed by atoms with Gasteiger partial charge >= 0.3 is 0 Å². The Hall–Kier alpha value is -2.50. The van der Waals surface area contributed by atoms with Crippen LogP contribution >= 0.6 is 0 Å². The van der Waals surface area contributed by atoms with Gasteiger partial charge in [-0.25, -0.2) is 9.37 Å². The summed E-state index contributed by atoms with van der Waals surface area (Å²) in [5.41, 5.74) is 0.841. The number of hydrogen-bond donors (Lipinski definition) is 1. The summed E-state index contributed by atoms with van der Waals surface area (Å²) in [7, 11) is 0.